The summed E-state index contributed by atoms with van der Waals surface area (Å²) >= 11 is 0. The van der Waals surface area contributed by atoms with E-state index < -0.39 is 11.7 Å². The SMILES string of the molecule is N#CCCN(c1ccc(C#N)c(C(F)(F)F)c1)C1CC1. The molecular weight excluding hydrogens is 267 g/mol. The Bertz CT molecular complexity index is 577. The van der Waals surface area contributed by atoms with Crippen molar-refractivity contribution >= 4 is 5.69 Å². The first kappa shape index (κ1) is 14.2. The average Bonchev–Trinajstić information content (AvgIpc) is 3.22. The molecular formula is C14H12F3N3. The Balaban J connectivity index is 2.37. The number of nitrogens with zero attached hydrogens (tertiary/aromatic N) is 3. The molecule has 0 aliphatic heterocycles. The smallest absolute Gasteiger partial charge is 0.368 e. The van der Waals surface area contributed by atoms with Crippen LogP contribution in [-0.2, 0) is 6.18 Å². The number of rotatable bonds is 4. The van der Waals surface area contributed by atoms with Crippen LogP contribution in [0, 0.1) is 22.7 Å². The van der Waals surface area contributed by atoms with Crippen molar-refractivity contribution < 1.29 is 13.2 Å². The molecule has 1 aromatic carbocycles. The minimum absolute atomic E-state index is 0.206. The van der Waals surface area contributed by atoms with Crippen LogP contribution >= 0.6 is 0 Å². The standard InChI is InChI=1S/C14H12F3N3/c15-14(16,17)13-8-12(3-2-10(13)9-19)20(7-1-6-18)11-4-5-11/h2-3,8,11H,1,4-5,7H2. The third-order valence-electron chi connectivity index (χ3n) is 3.21. The van der Waals surface area contributed by atoms with E-state index in [2.05, 4.69) is 0 Å². The van der Waals surface area contributed by atoms with E-state index in [1.54, 1.807) is 6.07 Å². The van der Waals surface area contributed by atoms with Gasteiger partial charge in [0.15, 0.2) is 0 Å². The van der Waals surface area contributed by atoms with E-state index in [4.69, 9.17) is 10.5 Å². The summed E-state index contributed by atoms with van der Waals surface area (Å²) in [5.74, 6) is 0. The highest BCUT2D eigenvalue weighted by Crippen LogP contribution is 2.37. The number of halogens is 3. The second kappa shape index (κ2) is 5.42. The second-order valence-corrected chi connectivity index (χ2v) is 4.67. The quantitative estimate of drug-likeness (QED) is 0.848. The van der Waals surface area contributed by atoms with Crippen LogP contribution in [0.1, 0.15) is 30.4 Å². The van der Waals surface area contributed by atoms with Crippen LogP contribution in [0.3, 0.4) is 0 Å². The highest BCUT2D eigenvalue weighted by Gasteiger charge is 2.35. The van der Waals surface area contributed by atoms with Crippen molar-refractivity contribution in [2.45, 2.75) is 31.5 Å². The van der Waals surface area contributed by atoms with Crippen LogP contribution in [0.15, 0.2) is 18.2 Å². The zero-order valence-electron chi connectivity index (χ0n) is 10.6. The van der Waals surface area contributed by atoms with Gasteiger partial charge in [-0.3, -0.25) is 0 Å². The van der Waals surface area contributed by atoms with Crippen molar-refractivity contribution in [2.75, 3.05) is 11.4 Å². The molecule has 0 saturated heterocycles. The molecule has 1 aromatic rings. The molecule has 0 bridgehead atoms. The van der Waals surface area contributed by atoms with Gasteiger partial charge in [-0.25, -0.2) is 0 Å². The first-order valence-corrected chi connectivity index (χ1v) is 6.22. The molecule has 0 spiro atoms. The van der Waals surface area contributed by atoms with Crippen LogP contribution in [-0.4, -0.2) is 12.6 Å². The Morgan fingerprint density at radius 3 is 2.45 bits per heavy atom. The van der Waals surface area contributed by atoms with Crippen molar-refractivity contribution in [2.24, 2.45) is 0 Å². The molecule has 0 atom stereocenters. The van der Waals surface area contributed by atoms with E-state index in [-0.39, 0.29) is 18.0 Å². The van der Waals surface area contributed by atoms with Crippen LogP contribution < -0.4 is 4.90 Å². The molecule has 1 aliphatic carbocycles. The first-order chi connectivity index (χ1) is 9.47. The zero-order chi connectivity index (χ0) is 14.8. The molecule has 0 N–H and O–H groups in total. The summed E-state index contributed by atoms with van der Waals surface area (Å²) in [7, 11) is 0. The maximum absolute atomic E-state index is 12.9. The van der Waals surface area contributed by atoms with Crippen LogP contribution in [0.2, 0.25) is 0 Å². The monoisotopic (exact) mass is 279 g/mol. The Labute approximate surface area is 114 Å². The average molecular weight is 279 g/mol. The lowest BCUT2D eigenvalue weighted by atomic mass is 10.1. The molecule has 0 amide bonds. The van der Waals surface area contributed by atoms with Crippen molar-refractivity contribution in [3.63, 3.8) is 0 Å². The number of hydrogen-bond acceptors (Lipinski definition) is 3. The highest BCUT2D eigenvalue weighted by molar-refractivity contribution is 5.56. The van der Waals surface area contributed by atoms with Gasteiger partial charge in [0.2, 0.25) is 0 Å². The van der Waals surface area contributed by atoms with Crippen molar-refractivity contribution in [3.05, 3.63) is 29.3 Å². The number of nitriles is 2. The topological polar surface area (TPSA) is 50.8 Å². The molecule has 20 heavy (non-hydrogen) atoms. The van der Waals surface area contributed by atoms with Gasteiger partial charge in [0, 0.05) is 18.3 Å². The normalized spacial score (nSPS) is 14.4. The Morgan fingerprint density at radius 1 is 1.25 bits per heavy atom. The van der Waals surface area contributed by atoms with Gasteiger partial charge >= 0.3 is 6.18 Å². The predicted octanol–water partition coefficient (Wildman–Crippen LogP) is 3.46. The number of benzene rings is 1. The van der Waals surface area contributed by atoms with E-state index in [1.165, 1.54) is 12.1 Å². The fourth-order valence-electron chi connectivity index (χ4n) is 2.12. The molecule has 0 unspecified atom stereocenters. The maximum atomic E-state index is 12.9. The van der Waals surface area contributed by atoms with Crippen LogP contribution in [0.25, 0.3) is 0 Å². The summed E-state index contributed by atoms with van der Waals surface area (Å²) in [6.07, 6.45) is -2.44. The van der Waals surface area contributed by atoms with Crippen molar-refractivity contribution in [1.29, 1.82) is 10.5 Å². The number of anilines is 1. The molecule has 1 fully saturated rings. The fourth-order valence-corrected chi connectivity index (χ4v) is 2.12. The van der Waals surface area contributed by atoms with E-state index in [1.807, 2.05) is 11.0 Å². The van der Waals surface area contributed by atoms with Gasteiger partial charge in [-0.2, -0.15) is 23.7 Å². The highest BCUT2D eigenvalue weighted by atomic mass is 19.4. The van der Waals surface area contributed by atoms with Gasteiger partial charge in [0.1, 0.15) is 0 Å². The maximum Gasteiger partial charge on any atom is 0.417 e. The van der Waals surface area contributed by atoms with E-state index in [9.17, 15) is 13.2 Å². The van der Waals surface area contributed by atoms with Gasteiger partial charge in [-0.15, -0.1) is 0 Å². The lowest BCUT2D eigenvalue weighted by molar-refractivity contribution is -0.137. The third kappa shape index (κ3) is 3.03. The summed E-state index contributed by atoms with van der Waals surface area (Å²) in [5, 5.41) is 17.4. The first-order valence-electron chi connectivity index (χ1n) is 6.22. The molecule has 0 heterocycles. The Kier molecular flexibility index (Phi) is 3.85. The largest absolute Gasteiger partial charge is 0.417 e. The summed E-state index contributed by atoms with van der Waals surface area (Å²) in [5.41, 5.74) is -0.869. The zero-order valence-corrected chi connectivity index (χ0v) is 10.6. The van der Waals surface area contributed by atoms with E-state index in [0.29, 0.717) is 12.2 Å². The van der Waals surface area contributed by atoms with Crippen LogP contribution in [0.5, 0.6) is 0 Å². The molecule has 2 rings (SSSR count). The van der Waals surface area contributed by atoms with E-state index >= 15 is 0 Å². The second-order valence-electron chi connectivity index (χ2n) is 4.67. The molecule has 1 saturated carbocycles. The number of alkyl halides is 3. The van der Waals surface area contributed by atoms with Gasteiger partial charge in [-0.1, -0.05) is 0 Å². The molecule has 1 aliphatic rings. The Morgan fingerprint density at radius 2 is 1.95 bits per heavy atom. The summed E-state index contributed by atoms with van der Waals surface area (Å²) in [4.78, 5) is 1.82. The summed E-state index contributed by atoms with van der Waals surface area (Å²) in [6, 6.07) is 7.49. The summed E-state index contributed by atoms with van der Waals surface area (Å²) < 4.78 is 38.8. The lowest BCUT2D eigenvalue weighted by Crippen LogP contribution is -2.27. The van der Waals surface area contributed by atoms with Gasteiger partial charge in [-0.05, 0) is 31.0 Å². The molecule has 104 valence electrons. The van der Waals surface area contributed by atoms with Crippen LogP contribution in [0.4, 0.5) is 18.9 Å². The Hall–Kier alpha value is -2.21. The van der Waals surface area contributed by atoms with Crippen molar-refractivity contribution in [1.82, 2.24) is 0 Å². The van der Waals surface area contributed by atoms with Gasteiger partial charge in [0.05, 0.1) is 29.7 Å². The third-order valence-corrected chi connectivity index (χ3v) is 3.21. The van der Waals surface area contributed by atoms with Gasteiger partial charge < -0.3 is 4.90 Å². The predicted molar refractivity (Wildman–Crippen MR) is 66.8 cm³/mol. The fraction of sp³-hybridized carbons (Fsp3) is 0.429. The molecule has 6 heteroatoms. The summed E-state index contributed by atoms with van der Waals surface area (Å²) in [6.45, 7) is 0.407. The van der Waals surface area contributed by atoms with E-state index in [0.717, 1.165) is 18.9 Å². The molecule has 0 aromatic heterocycles. The van der Waals surface area contributed by atoms with Gasteiger partial charge in [0.25, 0.3) is 0 Å². The minimum Gasteiger partial charge on any atom is -0.368 e. The lowest BCUT2D eigenvalue weighted by Gasteiger charge is -2.24. The molecule has 0 radical (unpaired) electrons. The van der Waals surface area contributed by atoms with Crippen molar-refractivity contribution in [3.8, 4) is 12.1 Å². The minimum atomic E-state index is -4.55. The molecule has 3 nitrogen and oxygen atoms in total. The number of hydrogen-bond donors (Lipinski definition) is 0.